The van der Waals surface area contributed by atoms with Crippen LogP contribution in [-0.2, 0) is 0 Å². The zero-order valence-electron chi connectivity index (χ0n) is 10.7. The quantitative estimate of drug-likeness (QED) is 0.762. The third-order valence-corrected chi connectivity index (χ3v) is 3.80. The third-order valence-electron chi connectivity index (χ3n) is 3.06. The summed E-state index contributed by atoms with van der Waals surface area (Å²) in [7, 11) is 0. The van der Waals surface area contributed by atoms with Gasteiger partial charge in [0.1, 0.15) is 0 Å². The molecule has 0 aliphatic heterocycles. The number of aromatic nitrogens is 3. The van der Waals surface area contributed by atoms with Crippen LogP contribution in [0.1, 0.15) is 5.56 Å². The van der Waals surface area contributed by atoms with Crippen molar-refractivity contribution in [3.63, 3.8) is 0 Å². The molecule has 21 heavy (non-hydrogen) atoms. The number of H-pyrrole nitrogens is 1. The molecule has 0 fully saturated rings. The Labute approximate surface area is 129 Å². The van der Waals surface area contributed by atoms with Gasteiger partial charge in [0.05, 0.1) is 21.3 Å². The Kier molecular flexibility index (Phi) is 3.23. The molecule has 0 aliphatic rings. The molecular weight excluding hydrogens is 311 g/mol. The van der Waals surface area contributed by atoms with Crippen molar-refractivity contribution in [1.82, 2.24) is 14.6 Å². The highest BCUT2D eigenvalue weighted by atomic mass is 35.5. The Morgan fingerprint density at radius 2 is 2.05 bits per heavy atom. The highest BCUT2D eigenvalue weighted by Gasteiger charge is 2.11. The molecule has 3 N–H and O–H groups in total. The van der Waals surface area contributed by atoms with Crippen molar-refractivity contribution in [1.29, 1.82) is 0 Å². The Morgan fingerprint density at radius 3 is 2.71 bits per heavy atom. The molecule has 2 aromatic heterocycles. The van der Waals surface area contributed by atoms with Gasteiger partial charge in [0.15, 0.2) is 5.65 Å². The minimum absolute atomic E-state index is 0.256. The van der Waals surface area contributed by atoms with Gasteiger partial charge in [0.25, 0.3) is 5.56 Å². The zero-order valence-corrected chi connectivity index (χ0v) is 12.2. The van der Waals surface area contributed by atoms with Crippen LogP contribution in [0, 0.1) is 0 Å². The van der Waals surface area contributed by atoms with Gasteiger partial charge in [-0.3, -0.25) is 9.89 Å². The van der Waals surface area contributed by atoms with E-state index in [4.69, 9.17) is 28.9 Å². The van der Waals surface area contributed by atoms with E-state index in [1.165, 1.54) is 10.6 Å². The van der Waals surface area contributed by atoms with Crippen LogP contribution in [0.3, 0.4) is 0 Å². The molecule has 2 heterocycles. The first-order chi connectivity index (χ1) is 9.97. The van der Waals surface area contributed by atoms with Crippen LogP contribution in [-0.4, -0.2) is 14.6 Å². The molecule has 5 nitrogen and oxygen atoms in total. The van der Waals surface area contributed by atoms with Crippen molar-refractivity contribution in [2.24, 2.45) is 5.73 Å². The Bertz CT molecular complexity index is 926. The average Bonchev–Trinajstić information content (AvgIpc) is 2.86. The summed E-state index contributed by atoms with van der Waals surface area (Å²) in [6.07, 6.45) is 1.59. The van der Waals surface area contributed by atoms with Crippen molar-refractivity contribution in [3.8, 4) is 11.3 Å². The number of nitrogens with two attached hydrogens (primary N) is 1. The number of rotatable bonds is 2. The van der Waals surface area contributed by atoms with E-state index in [2.05, 4.69) is 16.7 Å². The number of nitrogens with zero attached hydrogens (tertiary/aromatic N) is 2. The monoisotopic (exact) mass is 320 g/mol. The summed E-state index contributed by atoms with van der Waals surface area (Å²) in [5, 5.41) is 3.63. The van der Waals surface area contributed by atoms with Crippen molar-refractivity contribution < 1.29 is 0 Å². The van der Waals surface area contributed by atoms with Gasteiger partial charge in [0.2, 0.25) is 0 Å². The molecular formula is C14H10Cl2N4O. The van der Waals surface area contributed by atoms with Gasteiger partial charge in [-0.2, -0.15) is 0 Å². The van der Waals surface area contributed by atoms with E-state index in [0.717, 1.165) is 0 Å². The average molecular weight is 321 g/mol. The maximum atomic E-state index is 12.1. The fourth-order valence-corrected chi connectivity index (χ4v) is 2.32. The minimum atomic E-state index is -0.256. The molecule has 0 amide bonds. The lowest BCUT2D eigenvalue weighted by molar-refractivity contribution is 0.901. The third kappa shape index (κ3) is 2.30. The summed E-state index contributed by atoms with van der Waals surface area (Å²) < 4.78 is 1.30. The summed E-state index contributed by atoms with van der Waals surface area (Å²) in [4.78, 5) is 16.6. The molecule has 106 valence electrons. The van der Waals surface area contributed by atoms with Crippen LogP contribution in [0.4, 0.5) is 0 Å². The van der Waals surface area contributed by atoms with Gasteiger partial charge < -0.3 is 5.73 Å². The van der Waals surface area contributed by atoms with Crippen LogP contribution in [0.5, 0.6) is 0 Å². The second-order valence-corrected chi connectivity index (χ2v) is 5.29. The van der Waals surface area contributed by atoms with Crippen molar-refractivity contribution in [2.75, 3.05) is 0 Å². The molecule has 0 aliphatic carbocycles. The molecule has 3 aromatic rings. The van der Waals surface area contributed by atoms with E-state index in [-0.39, 0.29) is 5.56 Å². The van der Waals surface area contributed by atoms with E-state index >= 15 is 0 Å². The summed E-state index contributed by atoms with van der Waals surface area (Å²) in [6.45, 7) is 3.67. The smallest absolute Gasteiger partial charge is 0.273 e. The lowest BCUT2D eigenvalue weighted by Gasteiger charge is -2.04. The Hall–Kier alpha value is -2.24. The van der Waals surface area contributed by atoms with Gasteiger partial charge in [-0.15, -0.1) is 0 Å². The van der Waals surface area contributed by atoms with Crippen LogP contribution >= 0.6 is 23.2 Å². The number of nitrogens with one attached hydrogen (secondary N) is 1. The second-order valence-electron chi connectivity index (χ2n) is 4.48. The van der Waals surface area contributed by atoms with Crippen LogP contribution < -0.4 is 11.3 Å². The van der Waals surface area contributed by atoms with Gasteiger partial charge in [-0.1, -0.05) is 35.8 Å². The normalized spacial score (nSPS) is 11.0. The first kappa shape index (κ1) is 13.7. The van der Waals surface area contributed by atoms with E-state index in [0.29, 0.717) is 38.2 Å². The van der Waals surface area contributed by atoms with Gasteiger partial charge in [-0.25, -0.2) is 9.50 Å². The van der Waals surface area contributed by atoms with E-state index < -0.39 is 0 Å². The number of halogens is 2. The SMILES string of the molecule is C=C(N)c1c[nH]n2c(=O)cc(-c3ccc(Cl)c(Cl)c3)nc12. The highest BCUT2D eigenvalue weighted by molar-refractivity contribution is 6.42. The van der Waals surface area contributed by atoms with Crippen molar-refractivity contribution in [2.45, 2.75) is 0 Å². The van der Waals surface area contributed by atoms with E-state index in [1.807, 2.05) is 0 Å². The summed E-state index contributed by atoms with van der Waals surface area (Å²) in [5.74, 6) is 0. The maximum Gasteiger partial charge on any atom is 0.273 e. The van der Waals surface area contributed by atoms with Crippen LogP contribution in [0.15, 0.2) is 41.8 Å². The number of benzene rings is 1. The molecule has 0 spiro atoms. The lowest BCUT2D eigenvalue weighted by Crippen LogP contribution is -2.14. The molecule has 0 saturated heterocycles. The number of fused-ring (bicyclic) bond motifs is 1. The molecule has 0 radical (unpaired) electrons. The van der Waals surface area contributed by atoms with Gasteiger partial charge >= 0.3 is 0 Å². The largest absolute Gasteiger partial charge is 0.399 e. The Balaban J connectivity index is 2.28. The molecule has 0 bridgehead atoms. The first-order valence-electron chi connectivity index (χ1n) is 5.99. The van der Waals surface area contributed by atoms with E-state index in [9.17, 15) is 4.79 Å². The van der Waals surface area contributed by atoms with Crippen molar-refractivity contribution >= 4 is 34.5 Å². The Morgan fingerprint density at radius 1 is 1.29 bits per heavy atom. The lowest BCUT2D eigenvalue weighted by atomic mass is 10.1. The predicted molar refractivity (Wildman–Crippen MR) is 84.5 cm³/mol. The van der Waals surface area contributed by atoms with Gasteiger partial charge in [-0.05, 0) is 12.1 Å². The van der Waals surface area contributed by atoms with Gasteiger partial charge in [0, 0.05) is 23.5 Å². The fraction of sp³-hybridized carbons (Fsp3) is 0. The molecule has 1 aromatic carbocycles. The molecule has 0 unspecified atom stereocenters. The van der Waals surface area contributed by atoms with Crippen LogP contribution in [0.25, 0.3) is 22.6 Å². The standard InChI is InChI=1S/C14H10Cl2N4O/c1-7(17)9-6-18-20-13(21)5-12(19-14(9)20)8-2-3-10(15)11(16)4-8/h2-6,18H,1,17H2. The number of hydrogen-bond donors (Lipinski definition) is 2. The molecule has 7 heteroatoms. The van der Waals surface area contributed by atoms with E-state index in [1.54, 1.807) is 24.4 Å². The second kappa shape index (κ2) is 4.95. The van der Waals surface area contributed by atoms with Crippen LogP contribution in [0.2, 0.25) is 10.0 Å². The molecule has 3 rings (SSSR count). The summed E-state index contributed by atoms with van der Waals surface area (Å²) in [5.41, 5.74) is 7.94. The first-order valence-corrected chi connectivity index (χ1v) is 6.74. The number of hydrogen-bond acceptors (Lipinski definition) is 3. The van der Waals surface area contributed by atoms with Crippen molar-refractivity contribution in [3.05, 3.63) is 63.0 Å². The zero-order chi connectivity index (χ0) is 15.1. The highest BCUT2D eigenvalue weighted by Crippen LogP contribution is 2.27. The molecule has 0 saturated carbocycles. The predicted octanol–water partition coefficient (Wildman–Crippen LogP) is 2.93. The topological polar surface area (TPSA) is 76.2 Å². The summed E-state index contributed by atoms with van der Waals surface area (Å²) >= 11 is 11.9. The summed E-state index contributed by atoms with van der Waals surface area (Å²) in [6, 6.07) is 6.47. The fourth-order valence-electron chi connectivity index (χ4n) is 2.02. The molecule has 0 atom stereocenters. The number of aromatic amines is 1. The maximum absolute atomic E-state index is 12.1. The minimum Gasteiger partial charge on any atom is -0.399 e.